The van der Waals surface area contributed by atoms with Crippen LogP contribution < -0.4 is 5.32 Å². The number of hydrogen-bond acceptors (Lipinski definition) is 4. The minimum atomic E-state index is -0.0272. The highest BCUT2D eigenvalue weighted by molar-refractivity contribution is 7.18. The Kier molecular flexibility index (Phi) is 3.24. The Bertz CT molecular complexity index is 657. The van der Waals surface area contributed by atoms with E-state index < -0.39 is 0 Å². The number of H-pyrrole nitrogens is 1. The number of amides is 1. The number of rotatable bonds is 4. The number of nitrogens with zero attached hydrogens (tertiary/aromatic N) is 2. The summed E-state index contributed by atoms with van der Waals surface area (Å²) in [7, 11) is 0. The molecule has 2 heterocycles. The van der Waals surface area contributed by atoms with E-state index in [0.29, 0.717) is 18.5 Å². The summed E-state index contributed by atoms with van der Waals surface area (Å²) in [5.74, 6) is -0.0272. The number of carbonyl (C=O) groups is 1. The zero-order valence-corrected chi connectivity index (χ0v) is 10.9. The molecule has 0 saturated carbocycles. The van der Waals surface area contributed by atoms with Crippen LogP contribution in [0.25, 0.3) is 10.2 Å². The number of thiazole rings is 1. The number of aromatic amines is 1. The number of hydrogen-bond donors (Lipinski definition) is 2. The van der Waals surface area contributed by atoms with Crippen LogP contribution >= 0.6 is 11.3 Å². The van der Waals surface area contributed by atoms with E-state index in [9.17, 15) is 4.79 Å². The molecule has 96 valence electrons. The first-order chi connectivity index (χ1) is 9.31. The molecule has 0 aliphatic rings. The van der Waals surface area contributed by atoms with Gasteiger partial charge in [-0.2, -0.15) is 5.10 Å². The van der Waals surface area contributed by atoms with E-state index in [0.717, 1.165) is 15.2 Å². The molecule has 0 fully saturated rings. The SMILES string of the molecule is O=C(CCc1nc2ccccc2s1)Nc1cn[nH]c1. The highest BCUT2D eigenvalue weighted by Crippen LogP contribution is 2.22. The van der Waals surface area contributed by atoms with Crippen molar-refractivity contribution in [3.05, 3.63) is 41.7 Å². The summed E-state index contributed by atoms with van der Waals surface area (Å²) in [6.07, 6.45) is 4.30. The fourth-order valence-electron chi connectivity index (χ4n) is 1.79. The van der Waals surface area contributed by atoms with Gasteiger partial charge in [0.05, 0.1) is 27.1 Å². The summed E-state index contributed by atoms with van der Waals surface area (Å²) in [6, 6.07) is 8.00. The van der Waals surface area contributed by atoms with E-state index in [2.05, 4.69) is 20.5 Å². The molecule has 0 radical (unpaired) electrons. The second-order valence-corrected chi connectivity index (χ2v) is 5.23. The molecule has 0 atom stereocenters. The molecule has 3 aromatic rings. The van der Waals surface area contributed by atoms with Crippen molar-refractivity contribution in [3.8, 4) is 0 Å². The lowest BCUT2D eigenvalue weighted by Crippen LogP contribution is -2.11. The van der Waals surface area contributed by atoms with E-state index in [1.54, 1.807) is 23.7 Å². The number of aromatic nitrogens is 3. The van der Waals surface area contributed by atoms with Crippen LogP contribution in [0.5, 0.6) is 0 Å². The van der Waals surface area contributed by atoms with Crippen LogP contribution in [0, 0.1) is 0 Å². The minimum Gasteiger partial charge on any atom is -0.323 e. The minimum absolute atomic E-state index is 0.0272. The van der Waals surface area contributed by atoms with Crippen molar-refractivity contribution in [2.24, 2.45) is 0 Å². The molecule has 0 unspecified atom stereocenters. The van der Waals surface area contributed by atoms with Crippen molar-refractivity contribution in [1.29, 1.82) is 0 Å². The number of nitrogens with one attached hydrogen (secondary N) is 2. The predicted octanol–water partition coefficient (Wildman–Crippen LogP) is 2.59. The second kappa shape index (κ2) is 5.19. The molecule has 6 heteroatoms. The Balaban J connectivity index is 1.61. The van der Waals surface area contributed by atoms with Gasteiger partial charge in [0.1, 0.15) is 0 Å². The van der Waals surface area contributed by atoms with E-state index in [1.807, 2.05) is 24.3 Å². The molecular formula is C13H12N4OS. The first kappa shape index (κ1) is 11.9. The number of para-hydroxylation sites is 1. The summed E-state index contributed by atoms with van der Waals surface area (Å²) in [4.78, 5) is 16.2. The van der Waals surface area contributed by atoms with Gasteiger partial charge in [0, 0.05) is 19.0 Å². The maximum atomic E-state index is 11.7. The molecule has 2 aromatic heterocycles. The Labute approximate surface area is 113 Å². The van der Waals surface area contributed by atoms with Crippen LogP contribution in [0.15, 0.2) is 36.7 Å². The molecule has 5 nitrogen and oxygen atoms in total. The lowest BCUT2D eigenvalue weighted by molar-refractivity contribution is -0.116. The van der Waals surface area contributed by atoms with Crippen molar-refractivity contribution < 1.29 is 4.79 Å². The molecule has 2 N–H and O–H groups in total. The van der Waals surface area contributed by atoms with Crippen LogP contribution in [0.2, 0.25) is 0 Å². The van der Waals surface area contributed by atoms with Crippen molar-refractivity contribution >= 4 is 33.1 Å². The second-order valence-electron chi connectivity index (χ2n) is 4.11. The lowest BCUT2D eigenvalue weighted by Gasteiger charge is -1.99. The number of fused-ring (bicyclic) bond motifs is 1. The average molecular weight is 272 g/mol. The Morgan fingerprint density at radius 3 is 3.05 bits per heavy atom. The van der Waals surface area contributed by atoms with Crippen molar-refractivity contribution in [1.82, 2.24) is 15.2 Å². The monoisotopic (exact) mass is 272 g/mol. The van der Waals surface area contributed by atoms with Gasteiger partial charge in [-0.3, -0.25) is 9.89 Å². The fourth-order valence-corrected chi connectivity index (χ4v) is 2.76. The largest absolute Gasteiger partial charge is 0.323 e. The van der Waals surface area contributed by atoms with Gasteiger partial charge in [-0.1, -0.05) is 12.1 Å². The zero-order chi connectivity index (χ0) is 13.1. The normalized spacial score (nSPS) is 10.7. The molecule has 0 bridgehead atoms. The zero-order valence-electron chi connectivity index (χ0n) is 10.1. The maximum absolute atomic E-state index is 11.7. The third-order valence-corrected chi connectivity index (χ3v) is 3.78. The van der Waals surface area contributed by atoms with Crippen LogP contribution in [0.1, 0.15) is 11.4 Å². The van der Waals surface area contributed by atoms with E-state index in [-0.39, 0.29) is 5.91 Å². The van der Waals surface area contributed by atoms with Crippen LogP contribution in [-0.2, 0) is 11.2 Å². The highest BCUT2D eigenvalue weighted by atomic mass is 32.1. The molecule has 1 aromatic carbocycles. The van der Waals surface area contributed by atoms with Gasteiger partial charge in [-0.15, -0.1) is 11.3 Å². The Hall–Kier alpha value is -2.21. The van der Waals surface area contributed by atoms with Crippen LogP contribution in [0.3, 0.4) is 0 Å². The molecule has 0 spiro atoms. The summed E-state index contributed by atoms with van der Waals surface area (Å²) in [5.41, 5.74) is 1.69. The summed E-state index contributed by atoms with van der Waals surface area (Å²) in [5, 5.41) is 10.2. The Morgan fingerprint density at radius 1 is 1.37 bits per heavy atom. The van der Waals surface area contributed by atoms with Gasteiger partial charge >= 0.3 is 0 Å². The van der Waals surface area contributed by atoms with Gasteiger partial charge in [0.25, 0.3) is 0 Å². The average Bonchev–Trinajstić information content (AvgIpc) is 3.04. The van der Waals surface area contributed by atoms with Gasteiger partial charge in [-0.05, 0) is 12.1 Å². The van der Waals surface area contributed by atoms with Crippen molar-refractivity contribution in [2.45, 2.75) is 12.8 Å². The fraction of sp³-hybridized carbons (Fsp3) is 0.154. The Morgan fingerprint density at radius 2 is 2.26 bits per heavy atom. The summed E-state index contributed by atoms with van der Waals surface area (Å²) >= 11 is 1.64. The summed E-state index contributed by atoms with van der Waals surface area (Å²) in [6.45, 7) is 0. The quantitative estimate of drug-likeness (QED) is 0.767. The molecule has 1 amide bonds. The van der Waals surface area contributed by atoms with Gasteiger partial charge in [0.2, 0.25) is 5.91 Å². The molecule has 0 saturated heterocycles. The molecule has 0 aliphatic heterocycles. The van der Waals surface area contributed by atoms with Crippen LogP contribution in [-0.4, -0.2) is 21.1 Å². The highest BCUT2D eigenvalue weighted by Gasteiger charge is 2.07. The third-order valence-electron chi connectivity index (χ3n) is 2.69. The third kappa shape index (κ3) is 2.79. The van der Waals surface area contributed by atoms with Crippen LogP contribution in [0.4, 0.5) is 5.69 Å². The summed E-state index contributed by atoms with van der Waals surface area (Å²) < 4.78 is 1.16. The van der Waals surface area contributed by atoms with Gasteiger partial charge < -0.3 is 5.32 Å². The standard InChI is InChI=1S/C13H12N4OS/c18-12(16-9-7-14-15-8-9)5-6-13-17-10-3-1-2-4-11(10)19-13/h1-4,7-8H,5-6H2,(H,14,15)(H,16,18). The molecule has 0 aliphatic carbocycles. The van der Waals surface area contributed by atoms with E-state index in [4.69, 9.17) is 0 Å². The van der Waals surface area contributed by atoms with Gasteiger partial charge in [-0.25, -0.2) is 4.98 Å². The topological polar surface area (TPSA) is 70.7 Å². The molecule has 3 rings (SSSR count). The lowest BCUT2D eigenvalue weighted by atomic mass is 10.3. The van der Waals surface area contributed by atoms with E-state index in [1.165, 1.54) is 0 Å². The number of benzene rings is 1. The first-order valence-electron chi connectivity index (χ1n) is 5.94. The predicted molar refractivity (Wildman–Crippen MR) is 75.2 cm³/mol. The first-order valence-corrected chi connectivity index (χ1v) is 6.76. The van der Waals surface area contributed by atoms with Gasteiger partial charge in [0.15, 0.2) is 0 Å². The van der Waals surface area contributed by atoms with E-state index >= 15 is 0 Å². The number of anilines is 1. The maximum Gasteiger partial charge on any atom is 0.224 e. The molecule has 19 heavy (non-hydrogen) atoms. The van der Waals surface area contributed by atoms with Crippen molar-refractivity contribution in [3.63, 3.8) is 0 Å². The number of aryl methyl sites for hydroxylation is 1. The molecular weight excluding hydrogens is 260 g/mol. The number of carbonyl (C=O) groups excluding carboxylic acids is 1. The van der Waals surface area contributed by atoms with Crippen molar-refractivity contribution in [2.75, 3.05) is 5.32 Å². The smallest absolute Gasteiger partial charge is 0.224 e.